The van der Waals surface area contributed by atoms with E-state index in [4.69, 9.17) is 10.3 Å². The molecule has 0 saturated carbocycles. The third kappa shape index (κ3) is 2.31. The van der Waals surface area contributed by atoms with Crippen molar-refractivity contribution in [2.24, 2.45) is 5.84 Å². The van der Waals surface area contributed by atoms with Crippen LogP contribution in [0.15, 0.2) is 10.5 Å². The summed E-state index contributed by atoms with van der Waals surface area (Å²) in [6, 6.07) is 1.63. The lowest BCUT2D eigenvalue weighted by molar-refractivity contribution is -0.128. The number of amides is 2. The minimum atomic E-state index is -0.466. The van der Waals surface area contributed by atoms with Crippen LogP contribution >= 0.6 is 0 Å². The standard InChI is InChI=1S/C11H15N3O3/c1-7-8(5-9(17-7)11(16)13-12)6-14-4-2-3-10(14)15/h5H,2-4,6,12H2,1H3,(H,13,16). The molecule has 0 atom stereocenters. The summed E-state index contributed by atoms with van der Waals surface area (Å²) in [6.45, 7) is 3.02. The molecule has 6 heteroatoms. The van der Waals surface area contributed by atoms with E-state index in [1.54, 1.807) is 17.9 Å². The van der Waals surface area contributed by atoms with Gasteiger partial charge in [0.25, 0.3) is 0 Å². The monoisotopic (exact) mass is 237 g/mol. The molecule has 17 heavy (non-hydrogen) atoms. The van der Waals surface area contributed by atoms with E-state index >= 15 is 0 Å². The Morgan fingerprint density at radius 3 is 3.00 bits per heavy atom. The van der Waals surface area contributed by atoms with Crippen LogP contribution in [0.25, 0.3) is 0 Å². The molecular formula is C11H15N3O3. The average Bonchev–Trinajstić information content (AvgIpc) is 2.87. The second-order valence-electron chi connectivity index (χ2n) is 4.08. The molecular weight excluding hydrogens is 222 g/mol. The fourth-order valence-corrected chi connectivity index (χ4v) is 1.94. The molecule has 92 valence electrons. The Balaban J connectivity index is 2.13. The quantitative estimate of drug-likeness (QED) is 0.450. The molecule has 0 spiro atoms. The Morgan fingerprint density at radius 1 is 1.65 bits per heavy atom. The third-order valence-electron chi connectivity index (χ3n) is 2.91. The summed E-state index contributed by atoms with van der Waals surface area (Å²) in [5.41, 5.74) is 2.86. The van der Waals surface area contributed by atoms with Gasteiger partial charge in [0, 0.05) is 25.1 Å². The second kappa shape index (κ2) is 4.58. The van der Waals surface area contributed by atoms with Crippen LogP contribution in [0.5, 0.6) is 0 Å². The normalized spacial score (nSPS) is 15.4. The molecule has 2 rings (SSSR count). The Morgan fingerprint density at radius 2 is 2.41 bits per heavy atom. The van der Waals surface area contributed by atoms with Gasteiger partial charge >= 0.3 is 5.91 Å². The second-order valence-corrected chi connectivity index (χ2v) is 4.08. The van der Waals surface area contributed by atoms with E-state index in [2.05, 4.69) is 0 Å². The maximum absolute atomic E-state index is 11.5. The van der Waals surface area contributed by atoms with Gasteiger partial charge in [0.1, 0.15) is 5.76 Å². The van der Waals surface area contributed by atoms with Crippen LogP contribution in [0.4, 0.5) is 0 Å². The minimum absolute atomic E-state index is 0.149. The van der Waals surface area contributed by atoms with Crippen LogP contribution in [-0.2, 0) is 11.3 Å². The molecule has 2 heterocycles. The predicted octanol–water partition coefficient (Wildman–Crippen LogP) is 0.314. The lowest BCUT2D eigenvalue weighted by Crippen LogP contribution is -2.29. The number of likely N-dealkylation sites (tertiary alicyclic amines) is 1. The van der Waals surface area contributed by atoms with Crippen LogP contribution in [0.2, 0.25) is 0 Å². The lowest BCUT2D eigenvalue weighted by Gasteiger charge is -2.14. The number of aryl methyl sites for hydroxylation is 1. The molecule has 1 aromatic heterocycles. The van der Waals surface area contributed by atoms with Crippen molar-refractivity contribution in [2.75, 3.05) is 6.54 Å². The first-order valence-corrected chi connectivity index (χ1v) is 5.50. The van der Waals surface area contributed by atoms with Gasteiger partial charge in [-0.25, -0.2) is 5.84 Å². The van der Waals surface area contributed by atoms with E-state index in [1.807, 2.05) is 5.43 Å². The molecule has 1 aliphatic rings. The molecule has 0 aromatic carbocycles. The number of nitrogens with two attached hydrogens (primary N) is 1. The van der Waals surface area contributed by atoms with Gasteiger partial charge in [-0.2, -0.15) is 0 Å². The fraction of sp³-hybridized carbons (Fsp3) is 0.455. The SMILES string of the molecule is Cc1oc(C(=O)NN)cc1CN1CCCC1=O. The van der Waals surface area contributed by atoms with Crippen molar-refractivity contribution in [2.45, 2.75) is 26.3 Å². The van der Waals surface area contributed by atoms with E-state index in [-0.39, 0.29) is 11.7 Å². The number of hydrogen-bond donors (Lipinski definition) is 2. The molecule has 0 radical (unpaired) electrons. The van der Waals surface area contributed by atoms with Crippen LogP contribution in [0.1, 0.15) is 34.7 Å². The number of hydrazine groups is 1. The molecule has 1 aromatic rings. The minimum Gasteiger partial charge on any atom is -0.456 e. The average molecular weight is 237 g/mol. The van der Waals surface area contributed by atoms with Crippen molar-refractivity contribution in [1.82, 2.24) is 10.3 Å². The summed E-state index contributed by atoms with van der Waals surface area (Å²) in [5.74, 6) is 5.52. The van der Waals surface area contributed by atoms with Crippen molar-refractivity contribution in [3.05, 3.63) is 23.2 Å². The van der Waals surface area contributed by atoms with Gasteiger partial charge in [-0.1, -0.05) is 0 Å². The van der Waals surface area contributed by atoms with Crippen LogP contribution in [0, 0.1) is 6.92 Å². The van der Waals surface area contributed by atoms with Gasteiger partial charge in [0.05, 0.1) is 0 Å². The summed E-state index contributed by atoms with van der Waals surface area (Å²) in [5, 5.41) is 0. The van der Waals surface area contributed by atoms with Gasteiger partial charge < -0.3 is 9.32 Å². The van der Waals surface area contributed by atoms with Crippen LogP contribution < -0.4 is 11.3 Å². The number of carbonyl (C=O) groups excluding carboxylic acids is 2. The number of rotatable bonds is 3. The molecule has 1 saturated heterocycles. The Hall–Kier alpha value is -1.82. The van der Waals surface area contributed by atoms with Crippen molar-refractivity contribution >= 4 is 11.8 Å². The molecule has 6 nitrogen and oxygen atoms in total. The maximum Gasteiger partial charge on any atom is 0.300 e. The highest BCUT2D eigenvalue weighted by Gasteiger charge is 2.22. The smallest absolute Gasteiger partial charge is 0.300 e. The van der Waals surface area contributed by atoms with E-state index in [0.29, 0.717) is 18.7 Å². The number of nitrogen functional groups attached to an aromatic ring is 1. The first-order valence-electron chi connectivity index (χ1n) is 5.50. The van der Waals surface area contributed by atoms with Gasteiger partial charge in [-0.15, -0.1) is 0 Å². The summed E-state index contributed by atoms with van der Waals surface area (Å²) >= 11 is 0. The predicted molar refractivity (Wildman–Crippen MR) is 59.7 cm³/mol. The van der Waals surface area contributed by atoms with E-state index < -0.39 is 5.91 Å². The topological polar surface area (TPSA) is 88.6 Å². The van der Waals surface area contributed by atoms with Crippen molar-refractivity contribution in [1.29, 1.82) is 0 Å². The van der Waals surface area contributed by atoms with Gasteiger partial charge in [0.15, 0.2) is 5.76 Å². The first-order chi connectivity index (χ1) is 8.11. The highest BCUT2D eigenvalue weighted by molar-refractivity contribution is 5.91. The Kier molecular flexibility index (Phi) is 3.14. The summed E-state index contributed by atoms with van der Waals surface area (Å²) in [6.07, 6.45) is 1.50. The van der Waals surface area contributed by atoms with Crippen LogP contribution in [-0.4, -0.2) is 23.3 Å². The van der Waals surface area contributed by atoms with Gasteiger partial charge in [-0.3, -0.25) is 15.0 Å². The molecule has 0 unspecified atom stereocenters. The summed E-state index contributed by atoms with van der Waals surface area (Å²) < 4.78 is 5.28. The molecule has 0 aliphatic carbocycles. The zero-order chi connectivity index (χ0) is 12.4. The van der Waals surface area contributed by atoms with Gasteiger partial charge in [0.2, 0.25) is 5.91 Å². The largest absolute Gasteiger partial charge is 0.456 e. The zero-order valence-electron chi connectivity index (χ0n) is 9.66. The van der Waals surface area contributed by atoms with E-state index in [1.165, 1.54) is 0 Å². The molecule has 1 fully saturated rings. The van der Waals surface area contributed by atoms with Crippen LogP contribution in [0.3, 0.4) is 0 Å². The fourth-order valence-electron chi connectivity index (χ4n) is 1.94. The molecule has 1 aliphatic heterocycles. The highest BCUT2D eigenvalue weighted by atomic mass is 16.4. The lowest BCUT2D eigenvalue weighted by atomic mass is 10.2. The number of hydrogen-bond acceptors (Lipinski definition) is 4. The summed E-state index contributed by atoms with van der Waals surface area (Å²) in [4.78, 5) is 24.5. The third-order valence-corrected chi connectivity index (χ3v) is 2.91. The molecule has 3 N–H and O–H groups in total. The number of furan rings is 1. The number of carbonyl (C=O) groups is 2. The number of nitrogens with zero attached hydrogens (tertiary/aromatic N) is 1. The summed E-state index contributed by atoms with van der Waals surface area (Å²) in [7, 11) is 0. The zero-order valence-corrected chi connectivity index (χ0v) is 9.66. The van der Waals surface area contributed by atoms with E-state index in [0.717, 1.165) is 18.5 Å². The molecule has 0 bridgehead atoms. The maximum atomic E-state index is 11.5. The van der Waals surface area contributed by atoms with Crippen molar-refractivity contribution in [3.63, 3.8) is 0 Å². The molecule has 2 amide bonds. The van der Waals surface area contributed by atoms with Crippen molar-refractivity contribution in [3.8, 4) is 0 Å². The van der Waals surface area contributed by atoms with E-state index in [9.17, 15) is 9.59 Å². The highest BCUT2D eigenvalue weighted by Crippen LogP contribution is 2.19. The van der Waals surface area contributed by atoms with Crippen molar-refractivity contribution < 1.29 is 14.0 Å². The number of nitrogens with one attached hydrogen (secondary N) is 1. The Bertz CT molecular complexity index is 453. The van der Waals surface area contributed by atoms with Gasteiger partial charge in [-0.05, 0) is 19.4 Å². The first kappa shape index (κ1) is 11.7. The Labute approximate surface area is 98.7 Å².